The number of carbonyl (C=O) groups excluding carboxylic acids is 2. The predicted molar refractivity (Wildman–Crippen MR) is 72.9 cm³/mol. The van der Waals surface area contributed by atoms with Gasteiger partial charge in [-0.15, -0.1) is 0 Å². The van der Waals surface area contributed by atoms with E-state index in [1.807, 2.05) is 0 Å². The third-order valence-corrected chi connectivity index (χ3v) is 3.76. The van der Waals surface area contributed by atoms with Gasteiger partial charge in [-0.05, 0) is 6.42 Å². The molecule has 1 saturated heterocycles. The second-order valence-corrected chi connectivity index (χ2v) is 5.26. The molecule has 0 unspecified atom stereocenters. The zero-order valence-corrected chi connectivity index (χ0v) is 12.2. The number of hydrogen-bond acceptors (Lipinski definition) is 4. The molecular formula is C15H26O4. The Hall–Kier alpha value is -0.900. The number of methoxy groups -OCH3 is 1. The Morgan fingerprint density at radius 2 is 1.95 bits per heavy atom. The summed E-state index contributed by atoms with van der Waals surface area (Å²) in [7, 11) is 1.35. The van der Waals surface area contributed by atoms with E-state index in [4.69, 9.17) is 4.74 Å². The second-order valence-electron chi connectivity index (χ2n) is 5.26. The fourth-order valence-corrected chi connectivity index (χ4v) is 2.54. The van der Waals surface area contributed by atoms with Crippen LogP contribution in [0.15, 0.2) is 0 Å². The highest BCUT2D eigenvalue weighted by atomic mass is 16.5. The van der Waals surface area contributed by atoms with Gasteiger partial charge in [-0.2, -0.15) is 0 Å². The third kappa shape index (κ3) is 5.72. The van der Waals surface area contributed by atoms with Crippen molar-refractivity contribution in [3.63, 3.8) is 0 Å². The van der Waals surface area contributed by atoms with Gasteiger partial charge in [0, 0.05) is 0 Å². The summed E-state index contributed by atoms with van der Waals surface area (Å²) in [4.78, 5) is 23.0. The molecular weight excluding hydrogens is 244 g/mol. The summed E-state index contributed by atoms with van der Waals surface area (Å²) in [6.45, 7) is 2.36. The topological polar surface area (TPSA) is 52.6 Å². The van der Waals surface area contributed by atoms with Crippen LogP contribution >= 0.6 is 0 Å². The average molecular weight is 270 g/mol. The van der Waals surface area contributed by atoms with E-state index in [1.54, 1.807) is 0 Å². The highest BCUT2D eigenvalue weighted by Crippen LogP contribution is 2.26. The van der Waals surface area contributed by atoms with Gasteiger partial charge in [0.05, 0.1) is 25.6 Å². The van der Waals surface area contributed by atoms with Crippen molar-refractivity contribution in [3.8, 4) is 0 Å². The van der Waals surface area contributed by atoms with Crippen molar-refractivity contribution in [2.24, 2.45) is 5.92 Å². The molecule has 0 saturated carbocycles. The summed E-state index contributed by atoms with van der Waals surface area (Å²) in [6, 6.07) is 0. The Bertz CT molecular complexity index is 288. The summed E-state index contributed by atoms with van der Waals surface area (Å²) >= 11 is 0. The van der Waals surface area contributed by atoms with Crippen LogP contribution in [0.25, 0.3) is 0 Å². The Morgan fingerprint density at radius 3 is 2.63 bits per heavy atom. The molecule has 1 heterocycles. The minimum absolute atomic E-state index is 0.0429. The zero-order valence-electron chi connectivity index (χ0n) is 12.2. The van der Waals surface area contributed by atoms with Crippen molar-refractivity contribution in [2.45, 2.75) is 64.4 Å². The van der Waals surface area contributed by atoms with Gasteiger partial charge >= 0.3 is 5.97 Å². The van der Waals surface area contributed by atoms with Gasteiger partial charge in [-0.25, -0.2) is 0 Å². The van der Waals surface area contributed by atoms with E-state index in [0.29, 0.717) is 0 Å². The molecule has 1 aliphatic heterocycles. The number of ether oxygens (including phenoxy) is 2. The minimum Gasteiger partial charge on any atom is -0.469 e. The maximum Gasteiger partial charge on any atom is 0.306 e. The van der Waals surface area contributed by atoms with Crippen LogP contribution in [0.1, 0.15) is 58.3 Å². The van der Waals surface area contributed by atoms with Crippen molar-refractivity contribution in [1.82, 2.24) is 0 Å². The summed E-state index contributed by atoms with van der Waals surface area (Å²) in [5.74, 6) is -0.568. The molecule has 0 spiro atoms. The average Bonchev–Trinajstić information content (AvgIpc) is 2.75. The zero-order chi connectivity index (χ0) is 14.1. The first-order valence-corrected chi connectivity index (χ1v) is 7.40. The summed E-state index contributed by atoms with van der Waals surface area (Å²) < 4.78 is 10.1. The molecule has 1 rings (SSSR count). The van der Waals surface area contributed by atoms with Gasteiger partial charge in [-0.1, -0.05) is 45.4 Å². The standard InChI is InChI=1S/C15H26O4/c1-3-4-5-6-7-8-9-14-12(10-15(17)18-2)13(16)11-19-14/h12,14H,3-11H2,1-2H3/t12-,14+/m0/s1. The highest BCUT2D eigenvalue weighted by molar-refractivity contribution is 5.88. The Morgan fingerprint density at radius 1 is 1.26 bits per heavy atom. The van der Waals surface area contributed by atoms with Gasteiger partial charge in [-0.3, -0.25) is 9.59 Å². The molecule has 0 aromatic heterocycles. The molecule has 4 heteroatoms. The number of esters is 1. The van der Waals surface area contributed by atoms with Crippen LogP contribution in [0, 0.1) is 5.92 Å². The molecule has 0 N–H and O–H groups in total. The third-order valence-electron chi connectivity index (χ3n) is 3.76. The molecule has 0 bridgehead atoms. The molecule has 2 atom stereocenters. The van der Waals surface area contributed by atoms with Crippen LogP contribution in [0.2, 0.25) is 0 Å². The van der Waals surface area contributed by atoms with Crippen LogP contribution in [-0.2, 0) is 19.1 Å². The lowest BCUT2D eigenvalue weighted by Crippen LogP contribution is -2.24. The maximum absolute atomic E-state index is 11.7. The van der Waals surface area contributed by atoms with E-state index in [0.717, 1.165) is 12.8 Å². The lowest BCUT2D eigenvalue weighted by molar-refractivity contribution is -0.143. The van der Waals surface area contributed by atoms with Gasteiger partial charge < -0.3 is 9.47 Å². The number of hydrogen-bond donors (Lipinski definition) is 0. The van der Waals surface area contributed by atoms with Crippen molar-refractivity contribution in [2.75, 3.05) is 13.7 Å². The Balaban J connectivity index is 2.23. The van der Waals surface area contributed by atoms with Crippen molar-refractivity contribution in [1.29, 1.82) is 0 Å². The highest BCUT2D eigenvalue weighted by Gasteiger charge is 2.36. The first-order chi connectivity index (χ1) is 9.19. The first kappa shape index (κ1) is 16.2. The smallest absolute Gasteiger partial charge is 0.306 e. The maximum atomic E-state index is 11.7. The number of ketones is 1. The Kier molecular flexibility index (Phi) is 7.72. The first-order valence-electron chi connectivity index (χ1n) is 7.40. The quantitative estimate of drug-likeness (QED) is 0.477. The fourth-order valence-electron chi connectivity index (χ4n) is 2.54. The van der Waals surface area contributed by atoms with E-state index in [2.05, 4.69) is 11.7 Å². The fraction of sp³-hybridized carbons (Fsp3) is 0.867. The number of carbonyl (C=O) groups is 2. The molecule has 0 aliphatic carbocycles. The lowest BCUT2D eigenvalue weighted by atomic mass is 9.92. The van der Waals surface area contributed by atoms with Gasteiger partial charge in [0.25, 0.3) is 0 Å². The minimum atomic E-state index is -0.322. The van der Waals surface area contributed by atoms with Gasteiger partial charge in [0.1, 0.15) is 6.61 Å². The normalized spacial score (nSPS) is 22.7. The van der Waals surface area contributed by atoms with Crippen LogP contribution in [0.3, 0.4) is 0 Å². The molecule has 110 valence electrons. The lowest BCUT2D eigenvalue weighted by Gasteiger charge is -2.16. The Labute approximate surface area is 115 Å². The molecule has 0 aromatic carbocycles. The number of Topliss-reactive ketones (excluding diaryl/α,β-unsaturated/α-hetero) is 1. The van der Waals surface area contributed by atoms with E-state index < -0.39 is 0 Å². The van der Waals surface area contributed by atoms with Crippen molar-refractivity contribution < 1.29 is 19.1 Å². The van der Waals surface area contributed by atoms with Crippen LogP contribution in [0.5, 0.6) is 0 Å². The number of rotatable bonds is 9. The van der Waals surface area contributed by atoms with Gasteiger partial charge in [0.2, 0.25) is 0 Å². The van der Waals surface area contributed by atoms with Crippen molar-refractivity contribution >= 4 is 11.8 Å². The van der Waals surface area contributed by atoms with E-state index in [1.165, 1.54) is 39.2 Å². The molecule has 0 radical (unpaired) electrons. The monoisotopic (exact) mass is 270 g/mol. The molecule has 19 heavy (non-hydrogen) atoms. The van der Waals surface area contributed by atoms with Crippen LogP contribution in [-0.4, -0.2) is 31.6 Å². The molecule has 1 fully saturated rings. The van der Waals surface area contributed by atoms with Crippen molar-refractivity contribution in [3.05, 3.63) is 0 Å². The largest absolute Gasteiger partial charge is 0.469 e. The second kappa shape index (κ2) is 9.08. The summed E-state index contributed by atoms with van der Waals surface area (Å²) in [5.41, 5.74) is 0. The summed E-state index contributed by atoms with van der Waals surface area (Å²) in [5, 5.41) is 0. The molecule has 0 amide bonds. The van der Waals surface area contributed by atoms with E-state index in [9.17, 15) is 9.59 Å². The van der Waals surface area contributed by atoms with Crippen LogP contribution in [0.4, 0.5) is 0 Å². The van der Waals surface area contributed by atoms with E-state index in [-0.39, 0.29) is 36.8 Å². The SMILES string of the molecule is CCCCCCCC[C@H]1OCC(=O)[C@@H]1CC(=O)OC. The van der Waals surface area contributed by atoms with Crippen LogP contribution < -0.4 is 0 Å². The summed E-state index contributed by atoms with van der Waals surface area (Å²) in [6.07, 6.45) is 8.28. The van der Waals surface area contributed by atoms with E-state index >= 15 is 0 Å². The predicted octanol–water partition coefficient (Wildman–Crippen LogP) is 2.88. The molecule has 4 nitrogen and oxygen atoms in total. The number of unbranched alkanes of at least 4 members (excludes halogenated alkanes) is 5. The molecule has 1 aliphatic rings. The van der Waals surface area contributed by atoms with Gasteiger partial charge in [0.15, 0.2) is 5.78 Å². The molecule has 0 aromatic rings.